The lowest BCUT2D eigenvalue weighted by molar-refractivity contribution is 0.102. The summed E-state index contributed by atoms with van der Waals surface area (Å²) in [6.07, 6.45) is 1.66. The molecule has 5 heteroatoms. The van der Waals surface area contributed by atoms with Gasteiger partial charge in [-0.1, -0.05) is 30.3 Å². The molecule has 0 radical (unpaired) electrons. The van der Waals surface area contributed by atoms with E-state index in [1.54, 1.807) is 6.20 Å². The molecule has 0 spiro atoms. The number of nitrogens with one attached hydrogen (secondary N) is 1. The number of carbonyl (C=O) groups is 1. The predicted molar refractivity (Wildman–Crippen MR) is 109 cm³/mol. The minimum atomic E-state index is -0.270. The van der Waals surface area contributed by atoms with Crippen molar-refractivity contribution in [2.24, 2.45) is 0 Å². The van der Waals surface area contributed by atoms with Crippen LogP contribution in [0, 0.1) is 0 Å². The van der Waals surface area contributed by atoms with Crippen molar-refractivity contribution in [2.75, 3.05) is 23.3 Å². The minimum Gasteiger partial charge on any atom is -0.455 e. The number of benzene rings is 2. The Morgan fingerprint density at radius 1 is 1.00 bits per heavy atom. The van der Waals surface area contributed by atoms with Crippen LogP contribution in [0.25, 0.3) is 0 Å². The maximum Gasteiger partial charge on any atom is 0.274 e. The lowest BCUT2D eigenvalue weighted by Gasteiger charge is -2.21. The first-order chi connectivity index (χ1) is 13.2. The molecule has 0 atom stereocenters. The van der Waals surface area contributed by atoms with Gasteiger partial charge in [0.05, 0.1) is 5.69 Å². The highest BCUT2D eigenvalue weighted by atomic mass is 16.5. The second-order valence-electron chi connectivity index (χ2n) is 5.94. The Bertz CT molecular complexity index is 893. The molecule has 0 saturated heterocycles. The summed E-state index contributed by atoms with van der Waals surface area (Å²) in [5.74, 6) is 1.02. The van der Waals surface area contributed by atoms with Crippen LogP contribution < -0.4 is 15.0 Å². The Kier molecular flexibility index (Phi) is 6.05. The van der Waals surface area contributed by atoms with Crippen LogP contribution in [-0.4, -0.2) is 24.0 Å². The normalized spacial score (nSPS) is 10.3. The molecule has 5 nitrogen and oxygen atoms in total. The van der Waals surface area contributed by atoms with Gasteiger partial charge >= 0.3 is 0 Å². The Morgan fingerprint density at radius 3 is 2.44 bits per heavy atom. The number of ether oxygens (including phenoxy) is 1. The number of anilines is 2. The van der Waals surface area contributed by atoms with Crippen LogP contribution in [0.2, 0.25) is 0 Å². The maximum absolute atomic E-state index is 12.7. The van der Waals surface area contributed by atoms with Gasteiger partial charge in [0.15, 0.2) is 5.75 Å². The summed E-state index contributed by atoms with van der Waals surface area (Å²) >= 11 is 0. The standard InChI is InChI=1S/C22H23N3O2/c1-3-25(4-2)17-14-15-23-20(16-17)22(26)24-19-12-8-9-13-21(19)27-18-10-6-5-7-11-18/h5-16H,3-4H2,1-2H3,(H,24,26). The highest BCUT2D eigenvalue weighted by Crippen LogP contribution is 2.29. The lowest BCUT2D eigenvalue weighted by Crippen LogP contribution is -2.23. The van der Waals surface area contributed by atoms with E-state index >= 15 is 0 Å². The molecule has 3 aromatic rings. The number of rotatable bonds is 7. The predicted octanol–water partition coefficient (Wildman–Crippen LogP) is 4.97. The van der Waals surface area contributed by atoms with Crippen molar-refractivity contribution < 1.29 is 9.53 Å². The van der Waals surface area contributed by atoms with Crippen LogP contribution in [0.15, 0.2) is 72.9 Å². The van der Waals surface area contributed by atoms with Crippen molar-refractivity contribution in [3.63, 3.8) is 0 Å². The summed E-state index contributed by atoms with van der Waals surface area (Å²) in [6, 6.07) is 20.5. The number of pyridine rings is 1. The number of aromatic nitrogens is 1. The van der Waals surface area contributed by atoms with Crippen molar-refractivity contribution in [3.05, 3.63) is 78.6 Å². The lowest BCUT2D eigenvalue weighted by atomic mass is 10.2. The van der Waals surface area contributed by atoms with E-state index in [-0.39, 0.29) is 5.91 Å². The van der Waals surface area contributed by atoms with Crippen molar-refractivity contribution in [1.29, 1.82) is 0 Å². The summed E-state index contributed by atoms with van der Waals surface area (Å²) in [6.45, 7) is 5.91. The van der Waals surface area contributed by atoms with Crippen molar-refractivity contribution >= 4 is 17.3 Å². The average Bonchev–Trinajstić information content (AvgIpc) is 2.71. The number of hydrogen-bond acceptors (Lipinski definition) is 4. The summed E-state index contributed by atoms with van der Waals surface area (Å²) in [4.78, 5) is 19.1. The van der Waals surface area contributed by atoms with E-state index in [0.717, 1.165) is 18.8 Å². The van der Waals surface area contributed by atoms with Gasteiger partial charge in [-0.2, -0.15) is 0 Å². The first-order valence-electron chi connectivity index (χ1n) is 9.05. The second-order valence-corrected chi connectivity index (χ2v) is 5.94. The summed E-state index contributed by atoms with van der Waals surface area (Å²) in [5.41, 5.74) is 1.95. The van der Waals surface area contributed by atoms with Crippen LogP contribution in [0.4, 0.5) is 11.4 Å². The van der Waals surface area contributed by atoms with Crippen LogP contribution in [0.3, 0.4) is 0 Å². The van der Waals surface area contributed by atoms with E-state index in [1.165, 1.54) is 0 Å². The van der Waals surface area contributed by atoms with E-state index in [4.69, 9.17) is 4.74 Å². The van der Waals surface area contributed by atoms with Crippen molar-refractivity contribution in [2.45, 2.75) is 13.8 Å². The van der Waals surface area contributed by atoms with Gasteiger partial charge in [-0.05, 0) is 50.2 Å². The molecule has 2 aromatic carbocycles. The van der Waals surface area contributed by atoms with Gasteiger partial charge in [0.1, 0.15) is 11.4 Å². The number of carbonyl (C=O) groups excluding carboxylic acids is 1. The Balaban J connectivity index is 1.80. The molecule has 27 heavy (non-hydrogen) atoms. The van der Waals surface area contributed by atoms with Crippen molar-refractivity contribution in [1.82, 2.24) is 4.98 Å². The molecule has 1 heterocycles. The monoisotopic (exact) mass is 361 g/mol. The molecule has 0 bridgehead atoms. The van der Waals surface area contributed by atoms with E-state index in [0.29, 0.717) is 22.9 Å². The fourth-order valence-corrected chi connectivity index (χ4v) is 2.79. The molecule has 1 N–H and O–H groups in total. The van der Waals surface area contributed by atoms with Crippen LogP contribution in [0.5, 0.6) is 11.5 Å². The van der Waals surface area contributed by atoms with E-state index in [1.807, 2.05) is 66.7 Å². The zero-order valence-electron chi connectivity index (χ0n) is 15.6. The third kappa shape index (κ3) is 4.64. The molecule has 1 aromatic heterocycles. The average molecular weight is 361 g/mol. The number of hydrogen-bond donors (Lipinski definition) is 1. The molecule has 0 saturated carbocycles. The van der Waals surface area contributed by atoms with Gasteiger partial charge in [0.25, 0.3) is 5.91 Å². The van der Waals surface area contributed by atoms with E-state index in [2.05, 4.69) is 29.0 Å². The molecular formula is C22H23N3O2. The van der Waals surface area contributed by atoms with Gasteiger partial charge in [0, 0.05) is 25.0 Å². The third-order valence-electron chi connectivity index (χ3n) is 4.21. The van der Waals surface area contributed by atoms with Gasteiger partial charge in [-0.3, -0.25) is 9.78 Å². The topological polar surface area (TPSA) is 54.5 Å². The highest BCUT2D eigenvalue weighted by molar-refractivity contribution is 6.04. The van der Waals surface area contributed by atoms with Gasteiger partial charge in [-0.15, -0.1) is 0 Å². The maximum atomic E-state index is 12.7. The molecule has 0 fully saturated rings. The third-order valence-corrected chi connectivity index (χ3v) is 4.21. The van der Waals surface area contributed by atoms with E-state index in [9.17, 15) is 4.79 Å². The minimum absolute atomic E-state index is 0.270. The highest BCUT2D eigenvalue weighted by Gasteiger charge is 2.13. The number of amides is 1. The Labute approximate surface area is 159 Å². The molecule has 138 valence electrons. The van der Waals surface area contributed by atoms with Gasteiger partial charge in [-0.25, -0.2) is 0 Å². The van der Waals surface area contributed by atoms with Gasteiger partial charge < -0.3 is 15.0 Å². The molecule has 1 amide bonds. The summed E-state index contributed by atoms with van der Waals surface area (Å²) in [5, 5.41) is 2.90. The first-order valence-corrected chi connectivity index (χ1v) is 9.05. The Morgan fingerprint density at radius 2 is 1.70 bits per heavy atom. The molecule has 0 aliphatic heterocycles. The van der Waals surface area contributed by atoms with Crippen LogP contribution in [0.1, 0.15) is 24.3 Å². The quantitative estimate of drug-likeness (QED) is 0.645. The SMILES string of the molecule is CCN(CC)c1ccnc(C(=O)Nc2ccccc2Oc2ccccc2)c1. The fourth-order valence-electron chi connectivity index (χ4n) is 2.79. The number of para-hydroxylation sites is 3. The van der Waals surface area contributed by atoms with Crippen LogP contribution >= 0.6 is 0 Å². The number of nitrogens with zero attached hydrogens (tertiary/aromatic N) is 2. The molecule has 0 aliphatic carbocycles. The summed E-state index contributed by atoms with van der Waals surface area (Å²) < 4.78 is 5.90. The second kappa shape index (κ2) is 8.85. The smallest absolute Gasteiger partial charge is 0.274 e. The zero-order chi connectivity index (χ0) is 19.1. The van der Waals surface area contributed by atoms with Crippen LogP contribution in [-0.2, 0) is 0 Å². The van der Waals surface area contributed by atoms with E-state index < -0.39 is 0 Å². The molecular weight excluding hydrogens is 338 g/mol. The first kappa shape index (κ1) is 18.5. The zero-order valence-corrected chi connectivity index (χ0v) is 15.6. The molecule has 0 aliphatic rings. The Hall–Kier alpha value is -3.34. The van der Waals surface area contributed by atoms with Gasteiger partial charge in [0.2, 0.25) is 0 Å². The molecule has 0 unspecified atom stereocenters. The summed E-state index contributed by atoms with van der Waals surface area (Å²) in [7, 11) is 0. The van der Waals surface area contributed by atoms with Crippen molar-refractivity contribution in [3.8, 4) is 11.5 Å². The fraction of sp³-hybridized carbons (Fsp3) is 0.182. The molecule has 3 rings (SSSR count). The largest absolute Gasteiger partial charge is 0.455 e.